The summed E-state index contributed by atoms with van der Waals surface area (Å²) in [5, 5.41) is 9.05. The highest BCUT2D eigenvalue weighted by Crippen LogP contribution is 2.40. The van der Waals surface area contributed by atoms with Crippen LogP contribution in [0, 0.1) is 0 Å². The quantitative estimate of drug-likeness (QED) is 0.450. The van der Waals surface area contributed by atoms with E-state index < -0.39 is 5.97 Å². The Balaban J connectivity index is 1.63. The molecule has 0 aromatic heterocycles. The van der Waals surface area contributed by atoms with Crippen molar-refractivity contribution in [3.8, 4) is 0 Å². The lowest BCUT2D eigenvalue weighted by Crippen LogP contribution is -2.21. The van der Waals surface area contributed by atoms with Gasteiger partial charge in [-0.05, 0) is 63.4 Å². The summed E-state index contributed by atoms with van der Waals surface area (Å²) in [4.78, 5) is 11.0. The molecule has 0 aliphatic heterocycles. The molecular formula is C29H26O2. The lowest BCUT2D eigenvalue weighted by molar-refractivity contribution is 0.0697. The Morgan fingerprint density at radius 2 is 1.42 bits per heavy atom. The Bertz CT molecular complexity index is 1180. The number of fused-ring (bicyclic) bond motifs is 1. The van der Waals surface area contributed by atoms with E-state index in [4.69, 9.17) is 5.11 Å². The van der Waals surface area contributed by atoms with Gasteiger partial charge in [0, 0.05) is 0 Å². The zero-order valence-electron chi connectivity index (χ0n) is 17.9. The van der Waals surface area contributed by atoms with Gasteiger partial charge in [0.2, 0.25) is 0 Å². The maximum absolute atomic E-state index is 11.0. The highest BCUT2D eigenvalue weighted by atomic mass is 16.4. The van der Waals surface area contributed by atoms with Gasteiger partial charge in [0.05, 0.1) is 5.56 Å². The van der Waals surface area contributed by atoms with E-state index in [0.29, 0.717) is 5.56 Å². The minimum Gasteiger partial charge on any atom is -0.478 e. The van der Waals surface area contributed by atoms with Crippen molar-refractivity contribution in [2.75, 3.05) is 0 Å². The first-order valence-electron chi connectivity index (χ1n) is 10.5. The molecule has 3 aromatic rings. The van der Waals surface area contributed by atoms with Crippen LogP contribution < -0.4 is 0 Å². The van der Waals surface area contributed by atoms with Crippen molar-refractivity contribution in [2.45, 2.75) is 25.7 Å². The summed E-state index contributed by atoms with van der Waals surface area (Å²) in [7, 11) is 0. The van der Waals surface area contributed by atoms with Crippen molar-refractivity contribution in [2.24, 2.45) is 0 Å². The fraction of sp³-hybridized carbons (Fsp3) is 0.138. The van der Waals surface area contributed by atoms with Gasteiger partial charge in [0.15, 0.2) is 0 Å². The zero-order valence-corrected chi connectivity index (χ0v) is 17.9. The molecule has 0 fully saturated rings. The predicted molar refractivity (Wildman–Crippen MR) is 130 cm³/mol. The van der Waals surface area contributed by atoms with E-state index in [1.807, 2.05) is 24.3 Å². The van der Waals surface area contributed by atoms with Crippen molar-refractivity contribution < 1.29 is 9.90 Å². The Labute approximate surface area is 183 Å². The molecule has 154 valence electrons. The molecule has 0 heterocycles. The van der Waals surface area contributed by atoms with Crippen molar-refractivity contribution in [3.05, 3.63) is 118 Å². The zero-order chi connectivity index (χ0) is 21.8. The Morgan fingerprint density at radius 1 is 0.806 bits per heavy atom. The summed E-state index contributed by atoms with van der Waals surface area (Å²) < 4.78 is 0. The van der Waals surface area contributed by atoms with Gasteiger partial charge in [-0.15, -0.1) is 0 Å². The van der Waals surface area contributed by atoms with E-state index in [2.05, 4.69) is 80.6 Å². The van der Waals surface area contributed by atoms with Gasteiger partial charge in [-0.2, -0.15) is 0 Å². The molecular weight excluding hydrogens is 380 g/mol. The fourth-order valence-corrected chi connectivity index (χ4v) is 3.92. The Hall–Kier alpha value is -3.65. The van der Waals surface area contributed by atoms with E-state index >= 15 is 0 Å². The average molecular weight is 407 g/mol. The summed E-state index contributed by atoms with van der Waals surface area (Å²) in [5.41, 5.74) is 7.58. The third-order valence-corrected chi connectivity index (χ3v) is 5.80. The van der Waals surface area contributed by atoms with Crippen LogP contribution in [-0.4, -0.2) is 11.1 Å². The molecule has 0 bridgehead atoms. The second-order valence-electron chi connectivity index (χ2n) is 8.56. The van der Waals surface area contributed by atoms with Gasteiger partial charge < -0.3 is 5.11 Å². The third-order valence-electron chi connectivity index (χ3n) is 5.80. The van der Waals surface area contributed by atoms with Crippen LogP contribution in [0.3, 0.4) is 0 Å². The highest BCUT2D eigenvalue weighted by molar-refractivity contribution is 5.88. The van der Waals surface area contributed by atoms with E-state index in [1.165, 1.54) is 22.3 Å². The molecule has 31 heavy (non-hydrogen) atoms. The summed E-state index contributed by atoms with van der Waals surface area (Å²) in [6.07, 6.45) is 11.8. The lowest BCUT2D eigenvalue weighted by atomic mass is 9.73. The van der Waals surface area contributed by atoms with Crippen LogP contribution in [0.5, 0.6) is 0 Å². The molecule has 1 aliphatic rings. The molecule has 0 radical (unpaired) electrons. The van der Waals surface area contributed by atoms with Crippen molar-refractivity contribution in [1.82, 2.24) is 0 Å². The second kappa shape index (κ2) is 8.61. The van der Waals surface area contributed by atoms with Crippen LogP contribution in [0.1, 0.15) is 58.4 Å². The van der Waals surface area contributed by atoms with Crippen LogP contribution in [0.15, 0.2) is 84.9 Å². The molecule has 1 aliphatic carbocycles. The van der Waals surface area contributed by atoms with Crippen LogP contribution in [0.2, 0.25) is 0 Å². The van der Waals surface area contributed by atoms with E-state index in [-0.39, 0.29) is 5.41 Å². The molecule has 0 saturated heterocycles. The standard InChI is InChI=1S/C29H26O2/c1-29(2)19-18-24(14-10-21-6-4-3-5-7-21)26-20-23(13-17-27(26)29)9-8-22-11-15-25(16-12-22)28(30)31/h3-18,20H,19H2,1-2H3,(H,30,31)/b9-8+,14-10+. The lowest BCUT2D eigenvalue weighted by Gasteiger charge is -2.31. The molecule has 1 N–H and O–H groups in total. The maximum atomic E-state index is 11.0. The van der Waals surface area contributed by atoms with Crippen molar-refractivity contribution in [1.29, 1.82) is 0 Å². The summed E-state index contributed by atoms with van der Waals surface area (Å²) in [6.45, 7) is 4.58. The molecule has 3 aromatic carbocycles. The second-order valence-corrected chi connectivity index (χ2v) is 8.56. The molecule has 0 saturated carbocycles. The molecule has 0 unspecified atom stereocenters. The SMILES string of the molecule is CC1(C)CC=C(/C=C/c2ccccc2)c2cc(/C=C/c3ccc(C(=O)O)cc3)ccc21. The van der Waals surface area contributed by atoms with E-state index in [0.717, 1.165) is 17.5 Å². The minimum absolute atomic E-state index is 0.105. The number of carboxylic acid groups (broad SMARTS) is 1. The Morgan fingerprint density at radius 3 is 2.13 bits per heavy atom. The number of carbonyl (C=O) groups is 1. The molecule has 0 atom stereocenters. The van der Waals surface area contributed by atoms with Gasteiger partial charge in [-0.25, -0.2) is 4.79 Å². The van der Waals surface area contributed by atoms with Crippen molar-refractivity contribution in [3.63, 3.8) is 0 Å². The van der Waals surface area contributed by atoms with Crippen LogP contribution >= 0.6 is 0 Å². The van der Waals surface area contributed by atoms with Crippen LogP contribution in [-0.2, 0) is 5.41 Å². The highest BCUT2D eigenvalue weighted by Gasteiger charge is 2.27. The largest absolute Gasteiger partial charge is 0.478 e. The van der Waals surface area contributed by atoms with Crippen LogP contribution in [0.4, 0.5) is 0 Å². The monoisotopic (exact) mass is 406 g/mol. The molecule has 4 rings (SSSR count). The first-order valence-corrected chi connectivity index (χ1v) is 10.5. The number of allylic oxidation sites excluding steroid dienone is 3. The normalized spacial score (nSPS) is 15.1. The first-order chi connectivity index (χ1) is 14.9. The maximum Gasteiger partial charge on any atom is 0.335 e. The van der Waals surface area contributed by atoms with Crippen LogP contribution in [0.25, 0.3) is 23.8 Å². The predicted octanol–water partition coefficient (Wildman–Crippen LogP) is 7.33. The number of benzene rings is 3. The fourth-order valence-electron chi connectivity index (χ4n) is 3.92. The Kier molecular flexibility index (Phi) is 5.73. The number of hydrogen-bond acceptors (Lipinski definition) is 1. The summed E-state index contributed by atoms with van der Waals surface area (Å²) in [5.74, 6) is -0.907. The molecule has 0 amide bonds. The van der Waals surface area contributed by atoms with Gasteiger partial charge in [-0.1, -0.05) is 98.8 Å². The number of hydrogen-bond donors (Lipinski definition) is 1. The smallest absolute Gasteiger partial charge is 0.335 e. The molecule has 2 nitrogen and oxygen atoms in total. The van der Waals surface area contributed by atoms with Gasteiger partial charge in [-0.3, -0.25) is 0 Å². The topological polar surface area (TPSA) is 37.3 Å². The number of aromatic carboxylic acids is 1. The number of carboxylic acids is 1. The molecule has 0 spiro atoms. The van der Waals surface area contributed by atoms with E-state index in [1.54, 1.807) is 12.1 Å². The summed E-state index contributed by atoms with van der Waals surface area (Å²) in [6, 6.07) is 23.9. The molecule has 2 heteroatoms. The van der Waals surface area contributed by atoms with Gasteiger partial charge in [0.25, 0.3) is 0 Å². The average Bonchev–Trinajstić information content (AvgIpc) is 2.78. The third kappa shape index (κ3) is 4.75. The van der Waals surface area contributed by atoms with Gasteiger partial charge >= 0.3 is 5.97 Å². The van der Waals surface area contributed by atoms with E-state index in [9.17, 15) is 4.79 Å². The number of rotatable bonds is 5. The van der Waals surface area contributed by atoms with Crippen molar-refractivity contribution >= 4 is 29.8 Å². The van der Waals surface area contributed by atoms with Gasteiger partial charge in [0.1, 0.15) is 0 Å². The first kappa shape index (κ1) is 20.6. The summed E-state index contributed by atoms with van der Waals surface area (Å²) >= 11 is 0. The minimum atomic E-state index is -0.907.